The van der Waals surface area contributed by atoms with Gasteiger partial charge in [0, 0.05) is 38.1 Å². The van der Waals surface area contributed by atoms with Gasteiger partial charge < -0.3 is 9.80 Å². The topological polar surface area (TPSA) is 90.7 Å². The predicted octanol–water partition coefficient (Wildman–Crippen LogP) is 1.78. The van der Waals surface area contributed by atoms with E-state index in [0.29, 0.717) is 32.6 Å². The van der Waals surface area contributed by atoms with E-state index in [-0.39, 0.29) is 24.5 Å². The molecule has 0 radical (unpaired) electrons. The van der Waals surface area contributed by atoms with Crippen molar-refractivity contribution in [3.05, 3.63) is 53.9 Å². The summed E-state index contributed by atoms with van der Waals surface area (Å²) in [6.07, 6.45) is 11.3. The van der Waals surface area contributed by atoms with Crippen LogP contribution in [0.25, 0.3) is 11.0 Å². The highest BCUT2D eigenvalue weighted by atomic mass is 16.2. The predicted molar refractivity (Wildman–Crippen MR) is 138 cm³/mol. The van der Waals surface area contributed by atoms with Crippen molar-refractivity contribution in [2.75, 3.05) is 19.6 Å². The Hall–Kier alpha value is -3.81. The van der Waals surface area contributed by atoms with Crippen molar-refractivity contribution in [3.8, 4) is 12.3 Å². The van der Waals surface area contributed by atoms with E-state index < -0.39 is 6.04 Å². The normalized spacial score (nSPS) is 20.9. The lowest BCUT2D eigenvalue weighted by molar-refractivity contribution is -0.204. The van der Waals surface area contributed by atoms with E-state index >= 15 is 0 Å². The van der Waals surface area contributed by atoms with Crippen LogP contribution < -0.4 is 0 Å². The summed E-state index contributed by atoms with van der Waals surface area (Å²) < 4.78 is 1.73. The van der Waals surface area contributed by atoms with Crippen molar-refractivity contribution < 1.29 is 9.59 Å². The van der Waals surface area contributed by atoms with E-state index in [1.54, 1.807) is 17.1 Å². The number of hydrazine groups is 1. The minimum atomic E-state index is -0.514. The summed E-state index contributed by atoms with van der Waals surface area (Å²) in [6, 6.07) is 9.33. The van der Waals surface area contributed by atoms with Crippen molar-refractivity contribution in [2.45, 2.75) is 51.5 Å². The van der Waals surface area contributed by atoms with E-state index in [1.807, 2.05) is 52.2 Å². The highest BCUT2D eigenvalue weighted by molar-refractivity contribution is 5.90. The Labute approximate surface area is 216 Å². The molecule has 4 heterocycles. The third kappa shape index (κ3) is 4.80. The fraction of sp³-hybridized carbons (Fsp3) is 0.444. The molecular weight excluding hydrogens is 468 g/mol. The molecule has 0 saturated carbocycles. The fourth-order valence-corrected chi connectivity index (χ4v) is 5.39. The summed E-state index contributed by atoms with van der Waals surface area (Å²) in [5.74, 6) is 2.62. The molecule has 3 aromatic rings. The summed E-state index contributed by atoms with van der Waals surface area (Å²) in [6.45, 7) is 3.89. The second kappa shape index (κ2) is 10.7. The number of benzene rings is 1. The Bertz CT molecular complexity index is 1320. The maximum absolute atomic E-state index is 13.9. The van der Waals surface area contributed by atoms with Gasteiger partial charge in [0.2, 0.25) is 11.8 Å². The van der Waals surface area contributed by atoms with Gasteiger partial charge in [-0.25, -0.2) is 14.7 Å². The highest BCUT2D eigenvalue weighted by Crippen LogP contribution is 2.31. The van der Waals surface area contributed by atoms with Crippen LogP contribution in [0.1, 0.15) is 37.3 Å². The van der Waals surface area contributed by atoms with Gasteiger partial charge in [-0.15, -0.1) is 11.5 Å². The number of amides is 2. The third-order valence-electron chi connectivity index (χ3n) is 7.24. The SMILES string of the molecule is C#CCN1CC(=O)N2[C@@H](CCCC)C(=O)N(Cc3cccc4c3nnn4C)C[C@@H]2N1Cc1ccncc1. The number of fused-ring (bicyclic) bond motifs is 2. The van der Waals surface area contributed by atoms with Crippen LogP contribution in [0.2, 0.25) is 0 Å². The second-order valence-electron chi connectivity index (χ2n) is 9.64. The number of carbonyl (C=O) groups excluding carboxylic acids is 2. The minimum Gasteiger partial charge on any atom is -0.333 e. The molecule has 0 spiro atoms. The summed E-state index contributed by atoms with van der Waals surface area (Å²) >= 11 is 0. The van der Waals surface area contributed by atoms with Crippen LogP contribution >= 0.6 is 0 Å². The smallest absolute Gasteiger partial charge is 0.245 e. The molecule has 2 atom stereocenters. The van der Waals surface area contributed by atoms with Crippen molar-refractivity contribution >= 4 is 22.8 Å². The average molecular weight is 501 g/mol. The molecule has 10 nitrogen and oxygen atoms in total. The Kier molecular flexibility index (Phi) is 7.17. The van der Waals surface area contributed by atoms with Gasteiger partial charge in [0.25, 0.3) is 0 Å². The van der Waals surface area contributed by atoms with Gasteiger partial charge in [-0.3, -0.25) is 14.6 Å². The number of unbranched alkanes of at least 4 members (excludes halogenated alkanes) is 1. The molecule has 192 valence electrons. The number of aromatic nitrogens is 4. The van der Waals surface area contributed by atoms with Crippen molar-refractivity contribution in [1.29, 1.82) is 0 Å². The Morgan fingerprint density at radius 3 is 2.70 bits per heavy atom. The van der Waals surface area contributed by atoms with Crippen LogP contribution in [-0.4, -0.2) is 83.5 Å². The monoisotopic (exact) mass is 500 g/mol. The van der Waals surface area contributed by atoms with E-state index in [9.17, 15) is 9.59 Å². The molecule has 2 aliphatic heterocycles. The van der Waals surface area contributed by atoms with Crippen LogP contribution in [0.15, 0.2) is 42.7 Å². The number of rotatable bonds is 8. The molecule has 2 saturated heterocycles. The zero-order chi connectivity index (χ0) is 25.9. The Balaban J connectivity index is 1.51. The number of hydrogen-bond donors (Lipinski definition) is 0. The second-order valence-corrected chi connectivity index (χ2v) is 9.64. The fourth-order valence-electron chi connectivity index (χ4n) is 5.39. The van der Waals surface area contributed by atoms with Crippen LogP contribution in [0, 0.1) is 12.3 Å². The molecule has 0 N–H and O–H groups in total. The molecule has 0 unspecified atom stereocenters. The summed E-state index contributed by atoms with van der Waals surface area (Å²) in [4.78, 5) is 35.1. The number of nitrogens with zero attached hydrogens (tertiary/aromatic N) is 8. The molecule has 5 rings (SSSR count). The zero-order valence-corrected chi connectivity index (χ0v) is 21.3. The molecule has 0 bridgehead atoms. The van der Waals surface area contributed by atoms with Crippen LogP contribution in [0.3, 0.4) is 0 Å². The number of hydrogen-bond acceptors (Lipinski definition) is 7. The lowest BCUT2D eigenvalue weighted by Gasteiger charge is -2.55. The molecule has 2 aromatic heterocycles. The van der Waals surface area contributed by atoms with Gasteiger partial charge in [-0.1, -0.05) is 43.0 Å². The minimum absolute atomic E-state index is 0.0202. The summed E-state index contributed by atoms with van der Waals surface area (Å²) in [5.41, 5.74) is 3.69. The van der Waals surface area contributed by atoms with Crippen LogP contribution in [0.5, 0.6) is 0 Å². The van der Waals surface area contributed by atoms with E-state index in [1.165, 1.54) is 0 Å². The molecule has 0 aliphatic carbocycles. The first-order valence-corrected chi connectivity index (χ1v) is 12.7. The summed E-state index contributed by atoms with van der Waals surface area (Å²) in [5, 5.41) is 12.6. The van der Waals surface area contributed by atoms with Gasteiger partial charge in [0.15, 0.2) is 0 Å². The average Bonchev–Trinajstić information content (AvgIpc) is 3.29. The molecule has 37 heavy (non-hydrogen) atoms. The van der Waals surface area contributed by atoms with E-state index in [0.717, 1.165) is 35.0 Å². The van der Waals surface area contributed by atoms with Crippen LogP contribution in [-0.2, 0) is 29.7 Å². The van der Waals surface area contributed by atoms with Crippen molar-refractivity contribution in [3.63, 3.8) is 0 Å². The van der Waals surface area contributed by atoms with Gasteiger partial charge >= 0.3 is 0 Å². The first kappa shape index (κ1) is 24.9. The quantitative estimate of drug-likeness (QED) is 0.436. The number of piperazine rings is 1. The van der Waals surface area contributed by atoms with E-state index in [4.69, 9.17) is 6.42 Å². The molecule has 2 fully saturated rings. The molecule has 10 heteroatoms. The van der Waals surface area contributed by atoms with Gasteiger partial charge in [-0.05, 0) is 30.2 Å². The first-order valence-electron chi connectivity index (χ1n) is 12.7. The highest BCUT2D eigenvalue weighted by Gasteiger charge is 2.49. The van der Waals surface area contributed by atoms with Crippen molar-refractivity contribution in [2.24, 2.45) is 7.05 Å². The molecule has 2 aliphatic rings. The molecular formula is C27H32N8O2. The first-order chi connectivity index (χ1) is 18.0. The number of terminal acetylenes is 1. The maximum Gasteiger partial charge on any atom is 0.245 e. The number of carbonyl (C=O) groups is 2. The standard InChI is InChI=1S/C27H32N8O2/c1-4-6-9-23-27(37)32(17-21-8-7-10-22-26(21)29-30-31(22)3)18-24-34(16-20-11-13-28-14-12-20)33(15-5-2)19-25(36)35(23)24/h2,7-8,10-14,23-24H,4,6,9,15-19H2,1,3H3/t23-,24+/m0/s1. The maximum atomic E-state index is 13.9. The van der Waals surface area contributed by atoms with E-state index in [2.05, 4.69) is 33.1 Å². The van der Waals surface area contributed by atoms with Crippen molar-refractivity contribution in [1.82, 2.24) is 39.8 Å². The lowest BCUT2D eigenvalue weighted by Crippen LogP contribution is -2.74. The summed E-state index contributed by atoms with van der Waals surface area (Å²) in [7, 11) is 1.86. The number of pyridine rings is 1. The number of aryl methyl sites for hydroxylation is 1. The largest absolute Gasteiger partial charge is 0.333 e. The van der Waals surface area contributed by atoms with Gasteiger partial charge in [0.1, 0.15) is 17.7 Å². The molecule has 1 aromatic carbocycles. The Morgan fingerprint density at radius 1 is 1.14 bits per heavy atom. The lowest BCUT2D eigenvalue weighted by atomic mass is 10.00. The Morgan fingerprint density at radius 2 is 1.95 bits per heavy atom. The van der Waals surface area contributed by atoms with Gasteiger partial charge in [-0.2, -0.15) is 0 Å². The zero-order valence-electron chi connectivity index (χ0n) is 21.3. The molecule has 2 amide bonds. The third-order valence-corrected chi connectivity index (χ3v) is 7.24. The van der Waals surface area contributed by atoms with Gasteiger partial charge in [0.05, 0.1) is 25.2 Å². The van der Waals surface area contributed by atoms with Crippen LogP contribution in [0.4, 0.5) is 0 Å².